The Kier molecular flexibility index (Phi) is 5.41. The number of hydrogen-bond acceptors (Lipinski definition) is 6. The van der Waals surface area contributed by atoms with Crippen LogP contribution in [0, 0.1) is 0 Å². The minimum atomic E-state index is -3.78. The van der Waals surface area contributed by atoms with E-state index in [1.54, 1.807) is 0 Å². The molecule has 0 saturated carbocycles. The monoisotopic (exact) mass is 307 g/mol. The first-order valence-electron chi connectivity index (χ1n) is 5.54. The molecule has 19 heavy (non-hydrogen) atoms. The van der Waals surface area contributed by atoms with Crippen LogP contribution in [0.25, 0.3) is 0 Å². The zero-order chi connectivity index (χ0) is 14.6. The van der Waals surface area contributed by atoms with E-state index in [0.717, 1.165) is 22.2 Å². The number of nitrogens with zero attached hydrogens (tertiary/aromatic N) is 3. The second-order valence-corrected chi connectivity index (χ2v) is 7.37. The Morgan fingerprint density at radius 3 is 2.53 bits per heavy atom. The Morgan fingerprint density at radius 2 is 2.00 bits per heavy atom. The lowest BCUT2D eigenvalue weighted by Crippen LogP contribution is -2.30. The summed E-state index contributed by atoms with van der Waals surface area (Å²) in [5.74, 6) is -1.33. The molecule has 0 aliphatic rings. The Balaban J connectivity index is 2.85. The maximum atomic E-state index is 12.2. The van der Waals surface area contributed by atoms with E-state index in [9.17, 15) is 13.2 Å². The minimum absolute atomic E-state index is 0.215. The van der Waals surface area contributed by atoms with Crippen molar-refractivity contribution in [2.45, 2.75) is 10.6 Å². The van der Waals surface area contributed by atoms with Gasteiger partial charge in [-0.2, -0.15) is 0 Å². The average molecular weight is 307 g/mol. The van der Waals surface area contributed by atoms with E-state index in [4.69, 9.17) is 5.11 Å². The molecule has 1 N–H and O–H groups in total. The van der Waals surface area contributed by atoms with Crippen molar-refractivity contribution in [3.8, 4) is 0 Å². The smallest absolute Gasteiger partial charge is 0.356 e. The molecule has 1 aromatic heterocycles. The molecule has 1 heterocycles. The van der Waals surface area contributed by atoms with Crippen LogP contribution in [0.5, 0.6) is 0 Å². The number of carboxylic acids is 1. The van der Waals surface area contributed by atoms with Crippen molar-refractivity contribution in [3.63, 3.8) is 0 Å². The molecule has 0 spiro atoms. The summed E-state index contributed by atoms with van der Waals surface area (Å²) < 4.78 is 25.4. The summed E-state index contributed by atoms with van der Waals surface area (Å²) in [6, 6.07) is 0. The fourth-order valence-electron chi connectivity index (χ4n) is 1.43. The second kappa shape index (κ2) is 6.42. The Hall–Kier alpha value is -1.03. The molecule has 0 radical (unpaired) electrons. The second-order valence-electron chi connectivity index (χ2n) is 4.28. The third kappa shape index (κ3) is 3.96. The SMILES string of the molecule is CN(C)CCCN(C)S(=O)(=O)c1scnc1C(=O)O. The van der Waals surface area contributed by atoms with E-state index in [2.05, 4.69) is 4.98 Å². The molecule has 0 amide bonds. The van der Waals surface area contributed by atoms with E-state index in [-0.39, 0.29) is 4.21 Å². The van der Waals surface area contributed by atoms with Crippen LogP contribution in [0.3, 0.4) is 0 Å². The maximum Gasteiger partial charge on any atom is 0.356 e. The molecule has 0 atom stereocenters. The summed E-state index contributed by atoms with van der Waals surface area (Å²) in [5, 5.41) is 8.90. The van der Waals surface area contributed by atoms with Crippen LogP contribution in [-0.2, 0) is 10.0 Å². The zero-order valence-corrected chi connectivity index (χ0v) is 12.7. The molecule has 1 aromatic rings. The number of hydrogen-bond donors (Lipinski definition) is 1. The third-order valence-corrected chi connectivity index (χ3v) is 5.66. The minimum Gasteiger partial charge on any atom is -0.476 e. The van der Waals surface area contributed by atoms with Gasteiger partial charge in [0.05, 0.1) is 5.51 Å². The quantitative estimate of drug-likeness (QED) is 0.785. The van der Waals surface area contributed by atoms with Gasteiger partial charge >= 0.3 is 5.97 Å². The molecule has 0 unspecified atom stereocenters. The summed E-state index contributed by atoms with van der Waals surface area (Å²) in [5.41, 5.74) is 0.814. The highest BCUT2D eigenvalue weighted by Crippen LogP contribution is 2.23. The van der Waals surface area contributed by atoms with Crippen molar-refractivity contribution >= 4 is 27.3 Å². The van der Waals surface area contributed by atoms with Gasteiger partial charge in [0, 0.05) is 13.6 Å². The van der Waals surface area contributed by atoms with E-state index >= 15 is 0 Å². The van der Waals surface area contributed by atoms with Crippen LogP contribution in [-0.4, -0.2) is 67.9 Å². The number of sulfonamides is 1. The van der Waals surface area contributed by atoms with Gasteiger partial charge in [-0.1, -0.05) is 0 Å². The van der Waals surface area contributed by atoms with Gasteiger partial charge < -0.3 is 10.0 Å². The van der Waals surface area contributed by atoms with Crippen molar-refractivity contribution in [3.05, 3.63) is 11.2 Å². The molecule has 108 valence electrons. The molecule has 0 saturated heterocycles. The van der Waals surface area contributed by atoms with E-state index in [0.29, 0.717) is 13.0 Å². The largest absolute Gasteiger partial charge is 0.476 e. The Bertz CT molecular complexity index is 539. The summed E-state index contributed by atoms with van der Waals surface area (Å²) in [6.45, 7) is 1.09. The number of rotatable bonds is 7. The number of aromatic nitrogens is 1. The highest BCUT2D eigenvalue weighted by atomic mass is 32.2. The van der Waals surface area contributed by atoms with Gasteiger partial charge in [0.15, 0.2) is 9.90 Å². The van der Waals surface area contributed by atoms with Gasteiger partial charge in [-0.15, -0.1) is 11.3 Å². The third-order valence-electron chi connectivity index (χ3n) is 2.46. The lowest BCUT2D eigenvalue weighted by Gasteiger charge is -2.17. The first-order valence-corrected chi connectivity index (χ1v) is 7.86. The lowest BCUT2D eigenvalue weighted by molar-refractivity contribution is 0.0687. The van der Waals surface area contributed by atoms with E-state index in [1.807, 2.05) is 19.0 Å². The van der Waals surface area contributed by atoms with Crippen molar-refractivity contribution in [2.24, 2.45) is 0 Å². The molecule has 7 nitrogen and oxygen atoms in total. The van der Waals surface area contributed by atoms with Gasteiger partial charge in [-0.05, 0) is 27.1 Å². The van der Waals surface area contributed by atoms with Crippen LogP contribution < -0.4 is 0 Å². The van der Waals surface area contributed by atoms with Crippen LogP contribution >= 0.6 is 11.3 Å². The average Bonchev–Trinajstić information content (AvgIpc) is 2.77. The topological polar surface area (TPSA) is 90.8 Å². The summed E-state index contributed by atoms with van der Waals surface area (Å²) in [4.78, 5) is 16.4. The summed E-state index contributed by atoms with van der Waals surface area (Å²) in [6.07, 6.45) is 0.671. The zero-order valence-electron chi connectivity index (χ0n) is 11.0. The van der Waals surface area contributed by atoms with Crippen molar-refractivity contribution < 1.29 is 18.3 Å². The predicted molar refractivity (Wildman–Crippen MR) is 72.1 cm³/mol. The van der Waals surface area contributed by atoms with Crippen molar-refractivity contribution in [2.75, 3.05) is 34.2 Å². The van der Waals surface area contributed by atoms with Crippen molar-refractivity contribution in [1.29, 1.82) is 0 Å². The van der Waals surface area contributed by atoms with E-state index in [1.165, 1.54) is 12.6 Å². The Labute approximate surface area is 116 Å². The number of carbonyl (C=O) groups is 1. The van der Waals surface area contributed by atoms with Gasteiger partial charge in [0.25, 0.3) is 10.0 Å². The maximum absolute atomic E-state index is 12.2. The van der Waals surface area contributed by atoms with Gasteiger partial charge in [-0.25, -0.2) is 22.5 Å². The molecular weight excluding hydrogens is 290 g/mol. The van der Waals surface area contributed by atoms with Gasteiger partial charge in [0.2, 0.25) is 0 Å². The van der Waals surface area contributed by atoms with Crippen molar-refractivity contribution in [1.82, 2.24) is 14.2 Å². The molecule has 0 bridgehead atoms. The van der Waals surface area contributed by atoms with Crippen LogP contribution in [0.15, 0.2) is 9.72 Å². The summed E-state index contributed by atoms with van der Waals surface area (Å²) >= 11 is 0.821. The predicted octanol–water partition coefficient (Wildman–Crippen LogP) is 0.413. The normalized spacial score (nSPS) is 12.3. The molecule has 0 fully saturated rings. The number of thiazole rings is 1. The molecule has 9 heteroatoms. The molecule has 0 aliphatic heterocycles. The highest BCUT2D eigenvalue weighted by molar-refractivity contribution is 7.91. The molecule has 0 aliphatic carbocycles. The first kappa shape index (κ1) is 16.0. The van der Waals surface area contributed by atoms with Crippen LogP contribution in [0.2, 0.25) is 0 Å². The number of aromatic carboxylic acids is 1. The van der Waals surface area contributed by atoms with E-state index < -0.39 is 21.7 Å². The summed E-state index contributed by atoms with van der Waals surface area (Å²) in [7, 11) is 1.47. The van der Waals surface area contributed by atoms with Crippen LogP contribution in [0.4, 0.5) is 0 Å². The highest BCUT2D eigenvalue weighted by Gasteiger charge is 2.29. The lowest BCUT2D eigenvalue weighted by atomic mass is 10.4. The number of carboxylic acid groups (broad SMARTS) is 1. The Morgan fingerprint density at radius 1 is 1.37 bits per heavy atom. The molecule has 1 rings (SSSR count). The standard InChI is InChI=1S/C10H17N3O4S2/c1-12(2)5-4-6-13(3)19(16,17)10-8(9(14)15)11-7-18-10/h7H,4-6H2,1-3H3,(H,14,15). The van der Waals surface area contributed by atoms with Gasteiger partial charge in [-0.3, -0.25) is 0 Å². The first-order chi connectivity index (χ1) is 8.76. The molecular formula is C10H17N3O4S2. The molecule has 0 aromatic carbocycles. The fraction of sp³-hybridized carbons (Fsp3) is 0.600. The van der Waals surface area contributed by atoms with Crippen LogP contribution in [0.1, 0.15) is 16.9 Å². The fourth-order valence-corrected chi connectivity index (χ4v) is 3.97. The van der Waals surface area contributed by atoms with Gasteiger partial charge in [0.1, 0.15) is 0 Å².